The van der Waals surface area contributed by atoms with Gasteiger partial charge in [-0.2, -0.15) is 13.2 Å². The van der Waals surface area contributed by atoms with Crippen molar-refractivity contribution in [3.63, 3.8) is 0 Å². The summed E-state index contributed by atoms with van der Waals surface area (Å²) >= 11 is 11.7. The smallest absolute Gasteiger partial charge is 0.430 e. The van der Waals surface area contributed by atoms with Gasteiger partial charge in [-0.15, -0.1) is 0 Å². The number of carbonyl (C=O) groups is 1. The van der Waals surface area contributed by atoms with Crippen LogP contribution in [0.15, 0.2) is 52.0 Å². The molecule has 0 aliphatic carbocycles. The summed E-state index contributed by atoms with van der Waals surface area (Å²) in [6.07, 6.45) is -4.79. The second-order valence-corrected chi connectivity index (χ2v) is 7.13. The Morgan fingerprint density at radius 1 is 1.22 bits per heavy atom. The molecule has 0 aliphatic rings. The fraction of sp³-hybridized carbons (Fsp3) is 0.100. The van der Waals surface area contributed by atoms with Gasteiger partial charge in [-0.25, -0.2) is 14.2 Å². The number of carboxylic acid groups (broad SMARTS) is 1. The van der Waals surface area contributed by atoms with Crippen molar-refractivity contribution in [1.82, 2.24) is 5.16 Å². The molecule has 0 amide bonds. The Balaban J connectivity index is 2.25. The van der Waals surface area contributed by atoms with Crippen LogP contribution in [-0.2, 0) is 0 Å². The summed E-state index contributed by atoms with van der Waals surface area (Å²) in [7, 11) is 0. The van der Waals surface area contributed by atoms with E-state index in [1.807, 2.05) is 0 Å². The predicted molar refractivity (Wildman–Crippen MR) is 110 cm³/mol. The van der Waals surface area contributed by atoms with Crippen molar-refractivity contribution in [2.24, 2.45) is 4.99 Å². The Labute approximate surface area is 187 Å². The first-order valence-corrected chi connectivity index (χ1v) is 9.39. The fourth-order valence-corrected chi connectivity index (χ4v) is 3.33. The molecule has 12 heteroatoms. The minimum absolute atomic E-state index is 0.113. The molecule has 32 heavy (non-hydrogen) atoms. The first kappa shape index (κ1) is 23.4. The Bertz CT molecular complexity index is 1200. The lowest BCUT2D eigenvalue weighted by Crippen LogP contribution is -2.30. The number of aliphatic imine (C=N–C) groups is 1. The summed E-state index contributed by atoms with van der Waals surface area (Å²) in [4.78, 5) is 15.4. The Kier molecular flexibility index (Phi) is 6.65. The maximum atomic E-state index is 14.3. The summed E-state index contributed by atoms with van der Waals surface area (Å²) in [5.41, 5.74) is -3.71. The number of benzene rings is 2. The van der Waals surface area contributed by atoms with Crippen LogP contribution in [-0.4, -0.2) is 34.3 Å². The van der Waals surface area contributed by atoms with Crippen molar-refractivity contribution in [1.29, 1.82) is 5.41 Å². The molecular weight excluding hydrogens is 477 g/mol. The first-order valence-electron chi connectivity index (χ1n) is 8.63. The Morgan fingerprint density at radius 2 is 1.91 bits per heavy atom. The van der Waals surface area contributed by atoms with E-state index >= 15 is 0 Å². The average molecular weight is 488 g/mol. The molecule has 0 saturated carbocycles. The van der Waals surface area contributed by atoms with Gasteiger partial charge in [0, 0.05) is 11.2 Å². The molecule has 2 N–H and O–H groups in total. The van der Waals surface area contributed by atoms with E-state index in [1.165, 1.54) is 30.3 Å². The molecular formula is C20H11Cl2F4N3O3. The summed E-state index contributed by atoms with van der Waals surface area (Å²) in [5.74, 6) is -5.69. The van der Waals surface area contributed by atoms with Gasteiger partial charge in [0.25, 0.3) is 0 Å². The molecule has 0 fully saturated rings. The zero-order chi connectivity index (χ0) is 23.6. The molecule has 1 aromatic heterocycles. The third-order valence-corrected chi connectivity index (χ3v) is 4.77. The SMILES string of the molecule is N=CC(C(=Nc1cccc(Cl)c1)C(F)(F)F)c1onc(-c2c(F)cccc2Cl)c1C(=O)O. The molecule has 3 rings (SSSR count). The summed E-state index contributed by atoms with van der Waals surface area (Å²) in [6, 6.07) is 8.64. The maximum Gasteiger partial charge on any atom is 0.430 e. The summed E-state index contributed by atoms with van der Waals surface area (Å²) < 4.78 is 60.8. The van der Waals surface area contributed by atoms with Gasteiger partial charge in [-0.05, 0) is 30.3 Å². The van der Waals surface area contributed by atoms with Crippen LogP contribution in [0.1, 0.15) is 22.0 Å². The number of hydrogen-bond acceptors (Lipinski definition) is 5. The predicted octanol–water partition coefficient (Wildman–Crippen LogP) is 6.55. The maximum absolute atomic E-state index is 14.3. The highest BCUT2D eigenvalue weighted by atomic mass is 35.5. The summed E-state index contributed by atoms with van der Waals surface area (Å²) in [5, 5.41) is 20.5. The molecule has 1 unspecified atom stereocenters. The van der Waals surface area contributed by atoms with Crippen LogP contribution in [0.4, 0.5) is 23.2 Å². The molecule has 0 saturated heterocycles. The third-order valence-electron chi connectivity index (χ3n) is 4.22. The van der Waals surface area contributed by atoms with Gasteiger partial charge in [0.15, 0.2) is 5.76 Å². The van der Waals surface area contributed by atoms with E-state index < -0.39 is 52.2 Å². The van der Waals surface area contributed by atoms with Crippen molar-refractivity contribution in [3.8, 4) is 11.3 Å². The number of aromatic nitrogens is 1. The average Bonchev–Trinajstić information content (AvgIpc) is 3.12. The minimum Gasteiger partial charge on any atom is -0.477 e. The molecule has 2 aromatic carbocycles. The molecule has 6 nitrogen and oxygen atoms in total. The Morgan fingerprint density at radius 3 is 2.47 bits per heavy atom. The molecule has 0 bridgehead atoms. The third kappa shape index (κ3) is 4.66. The van der Waals surface area contributed by atoms with E-state index in [4.69, 9.17) is 33.1 Å². The van der Waals surface area contributed by atoms with Gasteiger partial charge in [0.1, 0.15) is 28.7 Å². The van der Waals surface area contributed by atoms with E-state index in [-0.39, 0.29) is 15.7 Å². The zero-order valence-corrected chi connectivity index (χ0v) is 17.1. The molecule has 0 radical (unpaired) electrons. The lowest BCUT2D eigenvalue weighted by atomic mass is 9.94. The Hall–Kier alpha value is -3.24. The lowest BCUT2D eigenvalue weighted by Gasteiger charge is -2.16. The molecule has 0 aliphatic heterocycles. The van der Waals surface area contributed by atoms with Crippen molar-refractivity contribution < 1.29 is 32.0 Å². The van der Waals surface area contributed by atoms with E-state index in [9.17, 15) is 27.5 Å². The number of halogens is 6. The van der Waals surface area contributed by atoms with Crippen LogP contribution < -0.4 is 0 Å². The minimum atomic E-state index is -5.09. The summed E-state index contributed by atoms with van der Waals surface area (Å²) in [6.45, 7) is 0. The second-order valence-electron chi connectivity index (χ2n) is 6.29. The quantitative estimate of drug-likeness (QED) is 0.304. The van der Waals surface area contributed by atoms with Gasteiger partial charge in [0.05, 0.1) is 16.3 Å². The van der Waals surface area contributed by atoms with Gasteiger partial charge in [0.2, 0.25) is 0 Å². The van der Waals surface area contributed by atoms with Gasteiger partial charge < -0.3 is 15.0 Å². The number of aromatic carboxylic acids is 1. The topological polar surface area (TPSA) is 99.5 Å². The number of alkyl halides is 3. The van der Waals surface area contributed by atoms with E-state index in [2.05, 4.69) is 10.1 Å². The van der Waals surface area contributed by atoms with Crippen LogP contribution in [0.5, 0.6) is 0 Å². The van der Waals surface area contributed by atoms with Gasteiger partial charge in [-0.3, -0.25) is 0 Å². The van der Waals surface area contributed by atoms with Crippen LogP contribution in [0.2, 0.25) is 10.0 Å². The lowest BCUT2D eigenvalue weighted by molar-refractivity contribution is -0.0607. The van der Waals surface area contributed by atoms with E-state index in [1.54, 1.807) is 0 Å². The highest BCUT2D eigenvalue weighted by molar-refractivity contribution is 6.33. The normalized spacial score (nSPS) is 13.1. The van der Waals surface area contributed by atoms with Crippen LogP contribution in [0.3, 0.4) is 0 Å². The number of nitrogens with one attached hydrogen (secondary N) is 1. The van der Waals surface area contributed by atoms with Crippen LogP contribution in [0.25, 0.3) is 11.3 Å². The fourth-order valence-electron chi connectivity index (χ4n) is 2.89. The van der Waals surface area contributed by atoms with Crippen LogP contribution >= 0.6 is 23.2 Å². The van der Waals surface area contributed by atoms with Crippen LogP contribution in [0, 0.1) is 11.2 Å². The largest absolute Gasteiger partial charge is 0.477 e. The van der Waals surface area contributed by atoms with Gasteiger partial charge in [-0.1, -0.05) is 40.5 Å². The molecule has 0 spiro atoms. The van der Waals surface area contributed by atoms with Crippen molar-refractivity contribution >= 4 is 46.8 Å². The highest BCUT2D eigenvalue weighted by Crippen LogP contribution is 2.38. The number of hydrogen-bond donors (Lipinski definition) is 2. The van der Waals surface area contributed by atoms with Gasteiger partial charge >= 0.3 is 12.1 Å². The second kappa shape index (κ2) is 9.09. The monoisotopic (exact) mass is 487 g/mol. The zero-order valence-electron chi connectivity index (χ0n) is 15.6. The molecule has 166 valence electrons. The number of nitrogens with zero attached hydrogens (tertiary/aromatic N) is 2. The molecule has 3 aromatic rings. The first-order chi connectivity index (χ1) is 15.0. The van der Waals surface area contributed by atoms with E-state index in [0.717, 1.165) is 12.1 Å². The van der Waals surface area contributed by atoms with Crippen molar-refractivity contribution in [2.75, 3.05) is 0 Å². The van der Waals surface area contributed by atoms with Crippen molar-refractivity contribution in [2.45, 2.75) is 12.1 Å². The highest BCUT2D eigenvalue weighted by Gasteiger charge is 2.44. The molecule has 1 atom stereocenters. The van der Waals surface area contributed by atoms with Crippen molar-refractivity contribution in [3.05, 3.63) is 69.7 Å². The number of rotatable bonds is 6. The number of carboxylic acids is 1. The molecule has 1 heterocycles. The standard InChI is InChI=1S/C20H11Cl2F4N3O3/c21-9-3-1-4-10(7-9)28-18(20(24,25)26)11(8-27)17-15(19(30)31)16(29-32-17)14-12(22)5-2-6-13(14)23/h1-8,11,27H,(H,30,31). The van der Waals surface area contributed by atoms with E-state index in [0.29, 0.717) is 6.21 Å².